The first kappa shape index (κ1) is 14.6. The zero-order valence-electron chi connectivity index (χ0n) is 10.6. The van der Waals surface area contributed by atoms with Crippen LogP contribution in [0.25, 0.3) is 0 Å². The Morgan fingerprint density at radius 3 is 3.00 bits per heavy atom. The van der Waals surface area contributed by atoms with Gasteiger partial charge in [0.05, 0.1) is 22.9 Å². The third kappa shape index (κ3) is 3.04. The minimum absolute atomic E-state index is 0.0332. The van der Waals surface area contributed by atoms with E-state index in [1.807, 2.05) is 13.0 Å². The number of carbonyl (C=O) groups is 1. The average molecular weight is 348 g/mol. The molecule has 0 unspecified atom stereocenters. The van der Waals surface area contributed by atoms with Gasteiger partial charge in [0.25, 0.3) is 0 Å². The topological polar surface area (TPSA) is 52.6 Å². The maximum Gasteiger partial charge on any atom is 0.322 e. The Balaban J connectivity index is 2.13. The van der Waals surface area contributed by atoms with Gasteiger partial charge in [0.2, 0.25) is 0 Å². The van der Waals surface area contributed by atoms with E-state index >= 15 is 0 Å². The van der Waals surface area contributed by atoms with Crippen molar-refractivity contribution in [3.8, 4) is 0 Å². The minimum Gasteiger partial charge on any atom is -0.394 e. The maximum atomic E-state index is 12.3. The number of anilines is 1. The van der Waals surface area contributed by atoms with Gasteiger partial charge in [0.1, 0.15) is 0 Å². The van der Waals surface area contributed by atoms with Crippen molar-refractivity contribution >= 4 is 39.2 Å². The van der Waals surface area contributed by atoms with Crippen LogP contribution in [0.2, 0.25) is 5.02 Å². The Labute approximate surface area is 125 Å². The summed E-state index contributed by atoms with van der Waals surface area (Å²) in [5, 5.41) is 12.7. The highest BCUT2D eigenvalue weighted by atomic mass is 79.9. The summed E-state index contributed by atoms with van der Waals surface area (Å²) in [7, 11) is 0. The highest BCUT2D eigenvalue weighted by molar-refractivity contribution is 9.10. The average Bonchev–Trinajstić information content (AvgIpc) is 2.76. The summed E-state index contributed by atoms with van der Waals surface area (Å²) in [4.78, 5) is 13.9. The number of hydrogen-bond donors (Lipinski definition) is 2. The third-order valence-corrected chi connectivity index (χ3v) is 4.31. The molecule has 1 aliphatic heterocycles. The molecule has 104 valence electrons. The predicted molar refractivity (Wildman–Crippen MR) is 79.6 cm³/mol. The molecule has 2 rings (SSSR count). The Hall–Kier alpha value is -0.780. The highest BCUT2D eigenvalue weighted by Crippen LogP contribution is 2.31. The molecule has 1 fully saturated rings. The van der Waals surface area contributed by atoms with Crippen molar-refractivity contribution in [2.24, 2.45) is 0 Å². The Bertz CT molecular complexity index is 498. The molecule has 0 radical (unpaired) electrons. The molecule has 1 heterocycles. The van der Waals surface area contributed by atoms with Crippen LogP contribution in [0.15, 0.2) is 22.7 Å². The van der Waals surface area contributed by atoms with Gasteiger partial charge in [-0.25, -0.2) is 4.79 Å². The molecule has 6 heteroatoms. The van der Waals surface area contributed by atoms with Crippen molar-refractivity contribution in [3.05, 3.63) is 27.7 Å². The molecular formula is C13H16BrClN2O2. The van der Waals surface area contributed by atoms with Crippen molar-refractivity contribution < 1.29 is 9.90 Å². The van der Waals surface area contributed by atoms with Gasteiger partial charge >= 0.3 is 6.03 Å². The molecule has 0 spiro atoms. The zero-order valence-corrected chi connectivity index (χ0v) is 13.0. The van der Waals surface area contributed by atoms with E-state index in [2.05, 4.69) is 21.2 Å². The molecule has 0 bridgehead atoms. The fourth-order valence-electron chi connectivity index (χ4n) is 2.31. The van der Waals surface area contributed by atoms with E-state index in [1.54, 1.807) is 17.0 Å². The molecule has 1 saturated heterocycles. The first-order valence-electron chi connectivity index (χ1n) is 6.11. The molecule has 0 aliphatic carbocycles. The Kier molecular flexibility index (Phi) is 4.38. The predicted octanol–water partition coefficient (Wildman–Crippen LogP) is 3.48. The van der Waals surface area contributed by atoms with Crippen LogP contribution in [0, 0.1) is 0 Å². The number of halogens is 2. The third-order valence-electron chi connectivity index (χ3n) is 3.51. The monoisotopic (exact) mass is 346 g/mol. The van der Waals surface area contributed by atoms with Crippen LogP contribution in [0.5, 0.6) is 0 Å². The summed E-state index contributed by atoms with van der Waals surface area (Å²) in [5.74, 6) is 0. The summed E-state index contributed by atoms with van der Waals surface area (Å²) in [5.41, 5.74) is 0.0911. The van der Waals surface area contributed by atoms with Crippen LogP contribution in [0.1, 0.15) is 19.8 Å². The van der Waals surface area contributed by atoms with E-state index in [0.717, 1.165) is 17.3 Å². The number of aliphatic hydroxyl groups is 1. The minimum atomic E-state index is -0.480. The van der Waals surface area contributed by atoms with Gasteiger partial charge in [0, 0.05) is 11.0 Å². The van der Waals surface area contributed by atoms with Crippen molar-refractivity contribution in [3.63, 3.8) is 0 Å². The lowest BCUT2D eigenvalue weighted by molar-refractivity contribution is 0.104. The Morgan fingerprint density at radius 1 is 1.63 bits per heavy atom. The lowest BCUT2D eigenvalue weighted by Gasteiger charge is -2.33. The van der Waals surface area contributed by atoms with Crippen molar-refractivity contribution in [1.29, 1.82) is 0 Å². The summed E-state index contributed by atoms with van der Waals surface area (Å²) >= 11 is 9.39. The van der Waals surface area contributed by atoms with Gasteiger partial charge in [-0.05, 0) is 38.0 Å². The van der Waals surface area contributed by atoms with Crippen LogP contribution in [-0.4, -0.2) is 34.7 Å². The maximum absolute atomic E-state index is 12.3. The fourth-order valence-corrected chi connectivity index (χ4v) is 3.03. The Morgan fingerprint density at radius 2 is 2.37 bits per heavy atom. The van der Waals surface area contributed by atoms with Crippen LogP contribution < -0.4 is 5.32 Å². The smallest absolute Gasteiger partial charge is 0.322 e. The highest BCUT2D eigenvalue weighted by Gasteiger charge is 2.39. The number of rotatable bonds is 2. The van der Waals surface area contributed by atoms with Gasteiger partial charge in [-0.1, -0.05) is 27.5 Å². The first-order valence-corrected chi connectivity index (χ1v) is 7.28. The van der Waals surface area contributed by atoms with Crippen molar-refractivity contribution in [2.45, 2.75) is 25.3 Å². The first-order chi connectivity index (χ1) is 8.96. The van der Waals surface area contributed by atoms with Gasteiger partial charge < -0.3 is 15.3 Å². The van der Waals surface area contributed by atoms with E-state index in [9.17, 15) is 9.90 Å². The second kappa shape index (κ2) is 5.69. The zero-order chi connectivity index (χ0) is 14.0. The SMILES string of the molecule is C[C@@]1(CO)CCCN1C(=O)Nc1ccc(Br)cc1Cl. The van der Waals surface area contributed by atoms with Crippen LogP contribution in [0.4, 0.5) is 10.5 Å². The molecule has 4 nitrogen and oxygen atoms in total. The summed E-state index contributed by atoms with van der Waals surface area (Å²) in [6.07, 6.45) is 1.71. The molecule has 1 aliphatic rings. The summed E-state index contributed by atoms with van der Waals surface area (Å²) in [6.45, 7) is 2.51. The van der Waals surface area contributed by atoms with Crippen molar-refractivity contribution in [2.75, 3.05) is 18.5 Å². The summed E-state index contributed by atoms with van der Waals surface area (Å²) in [6, 6.07) is 5.07. The number of urea groups is 1. The van der Waals surface area contributed by atoms with E-state index in [4.69, 9.17) is 11.6 Å². The van der Waals surface area contributed by atoms with Crippen LogP contribution >= 0.6 is 27.5 Å². The van der Waals surface area contributed by atoms with Gasteiger partial charge in [0.15, 0.2) is 0 Å². The molecule has 1 aromatic rings. The second-order valence-electron chi connectivity index (χ2n) is 4.96. The van der Waals surface area contributed by atoms with E-state index < -0.39 is 5.54 Å². The molecule has 0 aromatic heterocycles. The quantitative estimate of drug-likeness (QED) is 0.860. The molecule has 0 saturated carbocycles. The second-order valence-corrected chi connectivity index (χ2v) is 6.29. The lowest BCUT2D eigenvalue weighted by atomic mass is 10.0. The standard InChI is InChI=1S/C13H16BrClN2O2/c1-13(8-18)5-2-6-17(13)12(19)16-11-4-3-9(14)7-10(11)15/h3-4,7,18H,2,5-6,8H2,1H3,(H,16,19)/t13-/m0/s1. The van der Waals surface area contributed by atoms with E-state index in [0.29, 0.717) is 17.3 Å². The van der Waals surface area contributed by atoms with Gasteiger partial charge in [-0.15, -0.1) is 0 Å². The molecule has 1 aromatic carbocycles. The number of aliphatic hydroxyl groups excluding tert-OH is 1. The summed E-state index contributed by atoms with van der Waals surface area (Å²) < 4.78 is 0.858. The number of hydrogen-bond acceptors (Lipinski definition) is 2. The van der Waals surface area contributed by atoms with Crippen LogP contribution in [0.3, 0.4) is 0 Å². The van der Waals surface area contributed by atoms with E-state index in [1.165, 1.54) is 0 Å². The number of amides is 2. The molecule has 19 heavy (non-hydrogen) atoms. The van der Waals surface area contributed by atoms with Gasteiger partial charge in [-0.2, -0.15) is 0 Å². The number of benzene rings is 1. The number of nitrogens with one attached hydrogen (secondary N) is 1. The number of carbonyl (C=O) groups excluding carboxylic acids is 1. The van der Waals surface area contributed by atoms with Crippen LogP contribution in [-0.2, 0) is 0 Å². The molecule has 1 atom stereocenters. The largest absolute Gasteiger partial charge is 0.394 e. The normalized spacial score (nSPS) is 22.6. The van der Waals surface area contributed by atoms with Crippen molar-refractivity contribution in [1.82, 2.24) is 4.90 Å². The number of nitrogens with zero attached hydrogens (tertiary/aromatic N) is 1. The molecule has 2 amide bonds. The van der Waals surface area contributed by atoms with E-state index in [-0.39, 0.29) is 12.6 Å². The molecule has 2 N–H and O–H groups in total. The molecular weight excluding hydrogens is 332 g/mol. The fraction of sp³-hybridized carbons (Fsp3) is 0.462. The lowest BCUT2D eigenvalue weighted by Crippen LogP contribution is -2.49. The number of likely N-dealkylation sites (tertiary alicyclic amines) is 1. The van der Waals surface area contributed by atoms with Gasteiger partial charge in [-0.3, -0.25) is 0 Å².